The van der Waals surface area contributed by atoms with Gasteiger partial charge in [-0.15, -0.1) is 0 Å². The van der Waals surface area contributed by atoms with Crippen molar-refractivity contribution in [2.75, 3.05) is 11.4 Å². The van der Waals surface area contributed by atoms with Gasteiger partial charge in [0.05, 0.1) is 18.2 Å². The average Bonchev–Trinajstić information content (AvgIpc) is 3.08. The van der Waals surface area contributed by atoms with Crippen LogP contribution in [0.3, 0.4) is 0 Å². The Kier molecular flexibility index (Phi) is 6.05. The van der Waals surface area contributed by atoms with E-state index < -0.39 is 6.04 Å². The summed E-state index contributed by atoms with van der Waals surface area (Å²) in [5, 5.41) is 3.37. The van der Waals surface area contributed by atoms with Crippen molar-refractivity contribution in [1.82, 2.24) is 5.32 Å². The molecule has 1 saturated heterocycles. The van der Waals surface area contributed by atoms with Crippen molar-refractivity contribution >= 4 is 17.5 Å². The monoisotopic (exact) mass is 398 g/mol. The number of imide groups is 1. The smallest absolute Gasteiger partial charge is 0.251 e. The highest BCUT2D eigenvalue weighted by Gasteiger charge is 2.39. The molecule has 0 radical (unpaired) electrons. The van der Waals surface area contributed by atoms with E-state index in [-0.39, 0.29) is 24.2 Å². The second-order valence-electron chi connectivity index (χ2n) is 7.63. The maximum absolute atomic E-state index is 13.0. The van der Waals surface area contributed by atoms with Gasteiger partial charge >= 0.3 is 0 Å². The molecule has 4 heteroatoms. The lowest BCUT2D eigenvalue weighted by molar-refractivity contribution is -0.121. The first-order valence-electron chi connectivity index (χ1n) is 10.5. The van der Waals surface area contributed by atoms with Crippen LogP contribution in [0.2, 0.25) is 0 Å². The summed E-state index contributed by atoms with van der Waals surface area (Å²) in [4.78, 5) is 26.9. The number of anilines is 1. The Morgan fingerprint density at radius 3 is 1.97 bits per heavy atom. The van der Waals surface area contributed by atoms with Gasteiger partial charge in [-0.25, -0.2) is 4.90 Å². The molecule has 1 atom stereocenters. The van der Waals surface area contributed by atoms with Gasteiger partial charge in [-0.05, 0) is 35.2 Å². The van der Waals surface area contributed by atoms with E-state index in [1.807, 2.05) is 60.7 Å². The third-order valence-corrected chi connectivity index (χ3v) is 5.72. The van der Waals surface area contributed by atoms with Crippen molar-refractivity contribution in [2.45, 2.75) is 31.7 Å². The Labute approximate surface area is 177 Å². The van der Waals surface area contributed by atoms with Crippen LogP contribution in [0.4, 0.5) is 5.69 Å². The van der Waals surface area contributed by atoms with Crippen LogP contribution < -0.4 is 10.2 Å². The van der Waals surface area contributed by atoms with Crippen LogP contribution in [0.25, 0.3) is 0 Å². The van der Waals surface area contributed by atoms with E-state index in [4.69, 9.17) is 0 Å². The number of carbonyl (C=O) groups excluding carboxylic acids is 2. The molecule has 3 aromatic rings. The van der Waals surface area contributed by atoms with Crippen molar-refractivity contribution in [3.05, 3.63) is 102 Å². The fourth-order valence-corrected chi connectivity index (χ4v) is 4.00. The summed E-state index contributed by atoms with van der Waals surface area (Å²) >= 11 is 0. The molecule has 4 nitrogen and oxygen atoms in total. The molecule has 0 aliphatic carbocycles. The summed E-state index contributed by atoms with van der Waals surface area (Å²) in [7, 11) is 0. The lowest BCUT2D eigenvalue weighted by Gasteiger charge is -2.21. The van der Waals surface area contributed by atoms with Crippen LogP contribution in [-0.2, 0) is 16.0 Å². The summed E-state index contributed by atoms with van der Waals surface area (Å²) in [6, 6.07) is 27.6. The van der Waals surface area contributed by atoms with Crippen LogP contribution in [0.15, 0.2) is 84.9 Å². The Hall–Kier alpha value is -3.24. The zero-order valence-electron chi connectivity index (χ0n) is 17.1. The molecule has 0 saturated carbocycles. The fourth-order valence-electron chi connectivity index (χ4n) is 4.00. The molecule has 3 aromatic carbocycles. The van der Waals surface area contributed by atoms with Crippen molar-refractivity contribution < 1.29 is 9.59 Å². The van der Waals surface area contributed by atoms with E-state index in [1.54, 1.807) is 0 Å². The van der Waals surface area contributed by atoms with E-state index in [1.165, 1.54) is 21.6 Å². The fraction of sp³-hybridized carbons (Fsp3) is 0.231. The van der Waals surface area contributed by atoms with Gasteiger partial charge in [0.2, 0.25) is 5.91 Å². The maximum Gasteiger partial charge on any atom is 0.251 e. The number of carbonyl (C=O) groups is 2. The van der Waals surface area contributed by atoms with Crippen LogP contribution in [-0.4, -0.2) is 24.4 Å². The minimum absolute atomic E-state index is 0.105. The van der Waals surface area contributed by atoms with Crippen LogP contribution in [0.5, 0.6) is 0 Å². The molecular formula is C26H26N2O2. The SMILES string of the molecule is CCc1ccc(N2C(=O)C[C@@H](NCC(c3ccccc3)c3ccccc3)C2=O)cc1. The summed E-state index contributed by atoms with van der Waals surface area (Å²) in [6.07, 6.45) is 1.11. The summed E-state index contributed by atoms with van der Waals surface area (Å²) in [6.45, 7) is 2.66. The standard InChI is InChI=1S/C26H26N2O2/c1-2-19-13-15-22(16-14-19)28-25(29)17-24(26(28)30)27-18-23(20-9-5-3-6-10-20)21-11-7-4-8-12-21/h3-16,23-24,27H,2,17-18H2,1H3/t24-/m1/s1. The number of nitrogens with zero attached hydrogens (tertiary/aromatic N) is 1. The highest BCUT2D eigenvalue weighted by atomic mass is 16.2. The molecule has 30 heavy (non-hydrogen) atoms. The van der Waals surface area contributed by atoms with E-state index in [9.17, 15) is 9.59 Å². The maximum atomic E-state index is 13.0. The number of hydrogen-bond acceptors (Lipinski definition) is 3. The lowest BCUT2D eigenvalue weighted by atomic mass is 9.91. The van der Waals surface area contributed by atoms with Gasteiger partial charge in [0.15, 0.2) is 0 Å². The number of hydrogen-bond donors (Lipinski definition) is 1. The van der Waals surface area contributed by atoms with E-state index in [0.717, 1.165) is 6.42 Å². The molecule has 0 bridgehead atoms. The Bertz CT molecular complexity index is 961. The van der Waals surface area contributed by atoms with Crippen molar-refractivity contribution in [3.63, 3.8) is 0 Å². The third kappa shape index (κ3) is 4.19. The quantitative estimate of drug-likeness (QED) is 0.604. The molecule has 0 aromatic heterocycles. The largest absolute Gasteiger partial charge is 0.304 e. The van der Waals surface area contributed by atoms with Crippen molar-refractivity contribution in [1.29, 1.82) is 0 Å². The van der Waals surface area contributed by atoms with Crippen LogP contribution in [0, 0.1) is 0 Å². The first-order valence-corrected chi connectivity index (χ1v) is 10.5. The summed E-state index contributed by atoms with van der Waals surface area (Å²) in [5.74, 6) is -0.227. The molecule has 1 aliphatic heterocycles. The van der Waals surface area contributed by atoms with E-state index in [2.05, 4.69) is 36.5 Å². The zero-order chi connectivity index (χ0) is 20.9. The van der Waals surface area contributed by atoms with Gasteiger partial charge in [-0.1, -0.05) is 79.7 Å². The predicted molar refractivity (Wildman–Crippen MR) is 119 cm³/mol. The highest BCUT2D eigenvalue weighted by molar-refractivity contribution is 6.22. The van der Waals surface area contributed by atoms with Gasteiger partial charge in [0, 0.05) is 12.5 Å². The lowest BCUT2D eigenvalue weighted by Crippen LogP contribution is -2.40. The molecule has 1 aliphatic rings. The number of nitrogens with one attached hydrogen (secondary N) is 1. The van der Waals surface area contributed by atoms with Gasteiger partial charge in [0.25, 0.3) is 5.91 Å². The highest BCUT2D eigenvalue weighted by Crippen LogP contribution is 2.26. The molecule has 152 valence electrons. The molecule has 4 rings (SSSR count). The van der Waals surface area contributed by atoms with Gasteiger partial charge in [-0.2, -0.15) is 0 Å². The number of benzene rings is 3. The van der Waals surface area contributed by atoms with Gasteiger partial charge in [-0.3, -0.25) is 9.59 Å². The summed E-state index contributed by atoms with van der Waals surface area (Å²) in [5.41, 5.74) is 4.19. The van der Waals surface area contributed by atoms with Crippen molar-refractivity contribution in [3.8, 4) is 0 Å². The molecular weight excluding hydrogens is 372 g/mol. The topological polar surface area (TPSA) is 49.4 Å². The number of amides is 2. The Morgan fingerprint density at radius 1 is 0.867 bits per heavy atom. The second kappa shape index (κ2) is 9.06. The molecule has 1 N–H and O–H groups in total. The average molecular weight is 399 g/mol. The van der Waals surface area contributed by atoms with Crippen LogP contribution in [0.1, 0.15) is 36.0 Å². The normalized spacial score (nSPS) is 16.5. The second-order valence-corrected chi connectivity index (χ2v) is 7.63. The zero-order valence-corrected chi connectivity index (χ0v) is 17.1. The van der Waals surface area contributed by atoms with E-state index >= 15 is 0 Å². The van der Waals surface area contributed by atoms with Gasteiger partial charge < -0.3 is 5.32 Å². The Balaban J connectivity index is 1.50. The summed E-state index contributed by atoms with van der Waals surface area (Å²) < 4.78 is 0. The minimum Gasteiger partial charge on any atom is -0.304 e. The first kappa shape index (κ1) is 20.0. The van der Waals surface area contributed by atoms with Crippen LogP contribution >= 0.6 is 0 Å². The van der Waals surface area contributed by atoms with E-state index in [0.29, 0.717) is 12.2 Å². The molecule has 0 unspecified atom stereocenters. The minimum atomic E-state index is -0.502. The Morgan fingerprint density at radius 2 is 1.43 bits per heavy atom. The molecule has 0 spiro atoms. The predicted octanol–water partition coefficient (Wildman–Crippen LogP) is 4.30. The third-order valence-electron chi connectivity index (χ3n) is 5.72. The van der Waals surface area contributed by atoms with Crippen molar-refractivity contribution in [2.24, 2.45) is 0 Å². The number of aryl methyl sites for hydroxylation is 1. The first-order chi connectivity index (χ1) is 14.7. The van der Waals surface area contributed by atoms with Gasteiger partial charge in [0.1, 0.15) is 0 Å². The number of rotatable bonds is 7. The molecule has 2 amide bonds. The molecule has 1 fully saturated rings. The molecule has 1 heterocycles.